The molecule has 0 aliphatic carbocycles. The molecule has 0 radical (unpaired) electrons. The van der Waals surface area contributed by atoms with E-state index in [1.54, 1.807) is 0 Å². The van der Waals surface area contributed by atoms with Crippen LogP contribution in [0.1, 0.15) is 16.7 Å². The Morgan fingerprint density at radius 1 is 1.12 bits per heavy atom. The third kappa shape index (κ3) is 3.91. The van der Waals surface area contributed by atoms with Gasteiger partial charge in [-0.3, -0.25) is 14.5 Å². The van der Waals surface area contributed by atoms with Crippen LogP contribution in [0.4, 0.5) is 10.5 Å². The molecule has 1 heterocycles. The number of anilines is 1. The Labute approximate surface area is 152 Å². The zero-order valence-corrected chi connectivity index (χ0v) is 14.8. The van der Waals surface area contributed by atoms with Crippen molar-refractivity contribution in [3.8, 4) is 0 Å². The van der Waals surface area contributed by atoms with Gasteiger partial charge in [0.15, 0.2) is 0 Å². The lowest BCUT2D eigenvalue weighted by Crippen LogP contribution is -2.38. The quantitative estimate of drug-likeness (QED) is 0.812. The molecule has 0 saturated carbocycles. The molecule has 2 aromatic carbocycles. The number of imide groups is 1. The second-order valence-electron chi connectivity index (χ2n) is 6.48. The summed E-state index contributed by atoms with van der Waals surface area (Å²) < 4.78 is 0. The normalized spacial score (nSPS) is 16.5. The molecule has 1 unspecified atom stereocenters. The number of urea groups is 1. The van der Waals surface area contributed by atoms with E-state index in [9.17, 15) is 14.4 Å². The number of hydrogen-bond donors (Lipinski definition) is 2. The van der Waals surface area contributed by atoms with Gasteiger partial charge in [0, 0.05) is 12.1 Å². The van der Waals surface area contributed by atoms with Crippen molar-refractivity contribution in [2.24, 2.45) is 0 Å². The molecule has 0 aromatic heterocycles. The lowest BCUT2D eigenvalue weighted by molar-refractivity contribution is -0.130. The van der Waals surface area contributed by atoms with Gasteiger partial charge in [-0.15, -0.1) is 0 Å². The Balaban J connectivity index is 1.64. The number of carbonyl (C=O) groups excluding carboxylic acids is 3. The maximum atomic E-state index is 12.5. The van der Waals surface area contributed by atoms with E-state index in [4.69, 9.17) is 0 Å². The van der Waals surface area contributed by atoms with E-state index in [0.717, 1.165) is 21.6 Å². The minimum absolute atomic E-state index is 0.302. The van der Waals surface area contributed by atoms with Gasteiger partial charge in [0.25, 0.3) is 5.91 Å². The first-order valence-corrected chi connectivity index (χ1v) is 8.47. The summed E-state index contributed by atoms with van der Waals surface area (Å²) in [6.07, 6.45) is 0.403. The van der Waals surface area contributed by atoms with Crippen molar-refractivity contribution in [2.75, 3.05) is 11.9 Å². The van der Waals surface area contributed by atoms with Crippen LogP contribution in [0.5, 0.6) is 0 Å². The standard InChI is InChI=1S/C20H21N3O3/c1-13-8-9-14(2)16(10-13)21-18(24)12-23-19(25)17(22-20(23)26)11-15-6-4-3-5-7-15/h3-10,17H,11-12H2,1-2H3,(H,21,24)(H,22,26). The first-order valence-electron chi connectivity index (χ1n) is 8.47. The van der Waals surface area contributed by atoms with Crippen molar-refractivity contribution >= 4 is 23.5 Å². The van der Waals surface area contributed by atoms with Crippen molar-refractivity contribution in [1.29, 1.82) is 0 Å². The Morgan fingerprint density at radius 2 is 1.85 bits per heavy atom. The zero-order chi connectivity index (χ0) is 18.7. The van der Waals surface area contributed by atoms with Gasteiger partial charge in [-0.05, 0) is 36.6 Å². The number of rotatable bonds is 5. The summed E-state index contributed by atoms with van der Waals surface area (Å²) in [6, 6.07) is 14.0. The summed E-state index contributed by atoms with van der Waals surface area (Å²) in [5.74, 6) is -0.780. The highest BCUT2D eigenvalue weighted by atomic mass is 16.2. The Bertz CT molecular complexity index is 849. The first-order chi connectivity index (χ1) is 12.4. The van der Waals surface area contributed by atoms with Crippen molar-refractivity contribution in [3.63, 3.8) is 0 Å². The molecule has 6 nitrogen and oxygen atoms in total. The van der Waals surface area contributed by atoms with Gasteiger partial charge in [0.2, 0.25) is 5.91 Å². The highest BCUT2D eigenvalue weighted by Crippen LogP contribution is 2.17. The van der Waals surface area contributed by atoms with Gasteiger partial charge in [-0.25, -0.2) is 4.79 Å². The predicted octanol–water partition coefficient (Wildman–Crippen LogP) is 2.41. The molecule has 2 N–H and O–H groups in total. The van der Waals surface area contributed by atoms with E-state index in [1.807, 2.05) is 62.4 Å². The lowest BCUT2D eigenvalue weighted by atomic mass is 10.1. The van der Waals surface area contributed by atoms with Crippen LogP contribution in [0.2, 0.25) is 0 Å². The Hall–Kier alpha value is -3.15. The fraction of sp³-hybridized carbons (Fsp3) is 0.250. The molecule has 134 valence electrons. The largest absolute Gasteiger partial charge is 0.325 e. The van der Waals surface area contributed by atoms with Crippen molar-refractivity contribution in [3.05, 3.63) is 65.2 Å². The second-order valence-corrected chi connectivity index (χ2v) is 6.48. The molecule has 3 rings (SSSR count). The summed E-state index contributed by atoms with van der Waals surface area (Å²) in [4.78, 5) is 37.9. The van der Waals surface area contributed by atoms with Crippen LogP contribution < -0.4 is 10.6 Å². The number of carbonyl (C=O) groups is 3. The summed E-state index contributed by atoms with van der Waals surface area (Å²) in [5, 5.41) is 5.42. The molecule has 0 bridgehead atoms. The van der Waals surface area contributed by atoms with Crippen LogP contribution in [-0.2, 0) is 16.0 Å². The summed E-state index contributed by atoms with van der Waals surface area (Å²) in [5.41, 5.74) is 3.57. The molecule has 26 heavy (non-hydrogen) atoms. The van der Waals surface area contributed by atoms with E-state index in [2.05, 4.69) is 10.6 Å². The number of nitrogens with zero attached hydrogens (tertiary/aromatic N) is 1. The van der Waals surface area contributed by atoms with Crippen LogP contribution >= 0.6 is 0 Å². The fourth-order valence-corrected chi connectivity index (χ4v) is 2.92. The van der Waals surface area contributed by atoms with Crippen molar-refractivity contribution in [2.45, 2.75) is 26.3 Å². The highest BCUT2D eigenvalue weighted by Gasteiger charge is 2.38. The molecule has 2 aromatic rings. The van der Waals surface area contributed by atoms with Gasteiger partial charge < -0.3 is 10.6 Å². The van der Waals surface area contributed by atoms with E-state index < -0.39 is 18.0 Å². The van der Waals surface area contributed by atoms with Crippen LogP contribution in [0.25, 0.3) is 0 Å². The lowest BCUT2D eigenvalue weighted by Gasteiger charge is -2.14. The van der Waals surface area contributed by atoms with Crippen LogP contribution in [0.3, 0.4) is 0 Å². The SMILES string of the molecule is Cc1ccc(C)c(NC(=O)CN2C(=O)NC(Cc3ccccc3)C2=O)c1. The molecule has 1 fully saturated rings. The average molecular weight is 351 g/mol. The van der Waals surface area contributed by atoms with Gasteiger partial charge in [-0.1, -0.05) is 42.5 Å². The van der Waals surface area contributed by atoms with Crippen molar-refractivity contribution in [1.82, 2.24) is 10.2 Å². The fourth-order valence-electron chi connectivity index (χ4n) is 2.92. The van der Waals surface area contributed by atoms with Crippen LogP contribution in [-0.4, -0.2) is 35.3 Å². The smallest absolute Gasteiger partial charge is 0.325 e. The highest BCUT2D eigenvalue weighted by molar-refractivity contribution is 6.08. The second kappa shape index (κ2) is 7.39. The van der Waals surface area contributed by atoms with Crippen molar-refractivity contribution < 1.29 is 14.4 Å². The molecule has 1 aliphatic heterocycles. The minimum Gasteiger partial charge on any atom is -0.325 e. The molecular formula is C20H21N3O3. The Kier molecular flexibility index (Phi) is 5.02. The zero-order valence-electron chi connectivity index (χ0n) is 14.8. The molecule has 1 aliphatic rings. The van der Waals surface area contributed by atoms with Gasteiger partial charge >= 0.3 is 6.03 Å². The summed E-state index contributed by atoms with van der Waals surface area (Å²) in [6.45, 7) is 3.52. The monoisotopic (exact) mass is 351 g/mol. The molecule has 1 saturated heterocycles. The number of hydrogen-bond acceptors (Lipinski definition) is 3. The number of aryl methyl sites for hydroxylation is 2. The predicted molar refractivity (Wildman–Crippen MR) is 98.7 cm³/mol. The summed E-state index contributed by atoms with van der Waals surface area (Å²) in [7, 11) is 0. The third-order valence-electron chi connectivity index (χ3n) is 4.36. The van der Waals surface area contributed by atoms with E-state index in [-0.39, 0.29) is 12.5 Å². The molecule has 1 atom stereocenters. The average Bonchev–Trinajstić information content (AvgIpc) is 2.86. The maximum Gasteiger partial charge on any atom is 0.325 e. The van der Waals surface area contributed by atoms with E-state index in [0.29, 0.717) is 12.1 Å². The molecule has 6 heteroatoms. The number of amides is 4. The third-order valence-corrected chi connectivity index (χ3v) is 4.36. The topological polar surface area (TPSA) is 78.5 Å². The van der Waals surface area contributed by atoms with Crippen LogP contribution in [0.15, 0.2) is 48.5 Å². The van der Waals surface area contributed by atoms with Gasteiger partial charge in [0.1, 0.15) is 12.6 Å². The van der Waals surface area contributed by atoms with E-state index in [1.165, 1.54) is 0 Å². The van der Waals surface area contributed by atoms with Gasteiger partial charge in [-0.2, -0.15) is 0 Å². The van der Waals surface area contributed by atoms with Crippen LogP contribution in [0, 0.1) is 13.8 Å². The minimum atomic E-state index is -0.640. The number of nitrogens with one attached hydrogen (secondary N) is 2. The maximum absolute atomic E-state index is 12.5. The first kappa shape index (κ1) is 17.7. The van der Waals surface area contributed by atoms with Gasteiger partial charge in [0.05, 0.1) is 0 Å². The number of benzene rings is 2. The molecule has 4 amide bonds. The molecular weight excluding hydrogens is 330 g/mol. The summed E-state index contributed by atoms with van der Waals surface area (Å²) >= 11 is 0. The Morgan fingerprint density at radius 3 is 2.58 bits per heavy atom. The molecule has 0 spiro atoms. The van der Waals surface area contributed by atoms with E-state index >= 15 is 0 Å².